The van der Waals surface area contributed by atoms with Crippen molar-refractivity contribution in [1.82, 2.24) is 0 Å². The van der Waals surface area contributed by atoms with Gasteiger partial charge in [0.2, 0.25) is 0 Å². The molecule has 0 radical (unpaired) electrons. The van der Waals surface area contributed by atoms with Crippen LogP contribution in [0, 0.1) is 0 Å². The number of rotatable bonds is 3. The molecule has 1 heterocycles. The van der Waals surface area contributed by atoms with Crippen molar-refractivity contribution in [2.75, 3.05) is 0 Å². The zero-order chi connectivity index (χ0) is 12.3. The van der Waals surface area contributed by atoms with Crippen molar-refractivity contribution >= 4 is 39.2 Å². The van der Waals surface area contributed by atoms with Crippen molar-refractivity contribution in [2.45, 2.75) is 4.21 Å². The molecule has 0 unspecified atom stereocenters. The largest absolute Gasteiger partial charge is 0.291 e. The molecule has 0 aliphatic heterocycles. The Morgan fingerprint density at radius 3 is 2.71 bits per heavy atom. The van der Waals surface area contributed by atoms with Crippen molar-refractivity contribution in [1.29, 1.82) is 0 Å². The van der Waals surface area contributed by atoms with Gasteiger partial charge in [-0.2, -0.15) is 12.8 Å². The number of hydrogen-bond acceptors (Lipinski definition) is 3. The van der Waals surface area contributed by atoms with Crippen LogP contribution >= 0.6 is 22.9 Å². The van der Waals surface area contributed by atoms with Gasteiger partial charge >= 0.3 is 0 Å². The highest BCUT2D eigenvalue weighted by atomic mass is 35.5. The van der Waals surface area contributed by atoms with Gasteiger partial charge in [-0.1, -0.05) is 29.8 Å². The van der Waals surface area contributed by atoms with Gasteiger partial charge < -0.3 is 0 Å². The van der Waals surface area contributed by atoms with E-state index in [0.29, 0.717) is 10.6 Å². The van der Waals surface area contributed by atoms with Gasteiger partial charge in [0.25, 0.3) is 10.0 Å². The maximum atomic E-state index is 11.7. The molecule has 17 heavy (non-hydrogen) atoms. The van der Waals surface area contributed by atoms with E-state index in [0.717, 1.165) is 11.3 Å². The Hall–Kier alpha value is -1.17. The van der Waals surface area contributed by atoms with E-state index < -0.39 is 10.0 Å². The van der Waals surface area contributed by atoms with Crippen LogP contribution in [0.2, 0.25) is 5.02 Å². The highest BCUT2D eigenvalue weighted by molar-refractivity contribution is 7.92. The predicted molar refractivity (Wildman–Crippen MR) is 70.6 cm³/mol. The van der Waals surface area contributed by atoms with Crippen LogP contribution in [-0.4, -0.2) is 14.6 Å². The molecule has 0 saturated heterocycles. The van der Waals surface area contributed by atoms with Crippen molar-refractivity contribution < 1.29 is 8.42 Å². The quantitative estimate of drug-likeness (QED) is 0.813. The van der Waals surface area contributed by atoms with Gasteiger partial charge in [0.1, 0.15) is 4.21 Å². The molecular weight excluding hydrogens is 278 g/mol. The normalized spacial score (nSPS) is 12.1. The van der Waals surface area contributed by atoms with Crippen LogP contribution in [0.25, 0.3) is 0 Å². The first kappa shape index (κ1) is 12.3. The standard InChI is InChI=1S/C11H8ClNO2S2/c12-10-4-1-3-9(7-10)8-13-17(14,15)11-5-2-6-16-11/h1-8H/b13-8+. The zero-order valence-corrected chi connectivity index (χ0v) is 11.0. The average molecular weight is 286 g/mol. The highest BCUT2D eigenvalue weighted by Crippen LogP contribution is 2.18. The molecule has 0 saturated carbocycles. The molecule has 0 amide bonds. The summed E-state index contributed by atoms with van der Waals surface area (Å²) in [6.07, 6.45) is 1.29. The molecule has 0 N–H and O–H groups in total. The molecule has 0 atom stereocenters. The number of hydrogen-bond donors (Lipinski definition) is 0. The average Bonchev–Trinajstić information content (AvgIpc) is 2.81. The number of sulfonamides is 1. The van der Waals surface area contributed by atoms with E-state index in [-0.39, 0.29) is 4.21 Å². The number of benzene rings is 1. The number of thiophene rings is 1. The molecule has 6 heteroatoms. The Kier molecular flexibility index (Phi) is 3.61. The van der Waals surface area contributed by atoms with Gasteiger partial charge in [0, 0.05) is 11.2 Å². The monoisotopic (exact) mass is 285 g/mol. The molecule has 1 aromatic carbocycles. The second kappa shape index (κ2) is 5.00. The molecular formula is C11H8ClNO2S2. The van der Waals surface area contributed by atoms with E-state index in [4.69, 9.17) is 11.6 Å². The fraction of sp³-hybridized carbons (Fsp3) is 0. The topological polar surface area (TPSA) is 46.5 Å². The summed E-state index contributed by atoms with van der Waals surface area (Å²) in [5.41, 5.74) is 0.651. The Balaban J connectivity index is 2.28. The first-order valence-corrected chi connectivity index (χ1v) is 7.37. The molecule has 0 aliphatic rings. The predicted octanol–water partition coefficient (Wildman–Crippen LogP) is 3.21. The number of halogens is 1. The van der Waals surface area contributed by atoms with Crippen molar-refractivity contribution in [3.8, 4) is 0 Å². The van der Waals surface area contributed by atoms with Crippen molar-refractivity contribution in [3.63, 3.8) is 0 Å². The molecule has 2 rings (SSSR count). The SMILES string of the molecule is O=S(=O)(/N=C/c1cccc(Cl)c1)c1cccs1. The lowest BCUT2D eigenvalue weighted by atomic mass is 10.2. The smallest absolute Gasteiger partial charge is 0.198 e. The maximum absolute atomic E-state index is 11.7. The zero-order valence-electron chi connectivity index (χ0n) is 8.58. The van der Waals surface area contributed by atoms with Gasteiger partial charge in [-0.25, -0.2) is 0 Å². The van der Waals surface area contributed by atoms with Gasteiger partial charge in [-0.3, -0.25) is 0 Å². The van der Waals surface area contributed by atoms with Crippen LogP contribution in [0.3, 0.4) is 0 Å². The molecule has 2 aromatic rings. The van der Waals surface area contributed by atoms with Gasteiger partial charge in [0.05, 0.1) is 0 Å². The summed E-state index contributed by atoms with van der Waals surface area (Å²) in [7, 11) is -3.58. The molecule has 88 valence electrons. The lowest BCUT2D eigenvalue weighted by Crippen LogP contribution is -1.94. The second-order valence-corrected chi connectivity index (χ2v) is 6.44. The van der Waals surface area contributed by atoms with Crippen LogP contribution in [-0.2, 0) is 10.0 Å². The van der Waals surface area contributed by atoms with E-state index in [9.17, 15) is 8.42 Å². The highest BCUT2D eigenvalue weighted by Gasteiger charge is 2.11. The van der Waals surface area contributed by atoms with Crippen molar-refractivity contribution in [2.24, 2.45) is 4.40 Å². The Labute approximate surface area is 108 Å². The first-order valence-electron chi connectivity index (χ1n) is 4.67. The fourth-order valence-electron chi connectivity index (χ4n) is 1.18. The Bertz CT molecular complexity index is 633. The van der Waals surface area contributed by atoms with Gasteiger partial charge in [-0.15, -0.1) is 11.3 Å². The fourth-order valence-corrected chi connectivity index (χ4v) is 3.22. The molecule has 0 bridgehead atoms. The summed E-state index contributed by atoms with van der Waals surface area (Å²) in [5, 5.41) is 2.24. The van der Waals surface area contributed by atoms with E-state index >= 15 is 0 Å². The van der Waals surface area contributed by atoms with Gasteiger partial charge in [-0.05, 0) is 29.1 Å². The van der Waals surface area contributed by atoms with Crippen LogP contribution in [0.1, 0.15) is 5.56 Å². The van der Waals surface area contributed by atoms with Gasteiger partial charge in [0.15, 0.2) is 0 Å². The molecule has 0 fully saturated rings. The lowest BCUT2D eigenvalue weighted by molar-refractivity contribution is 0.600. The maximum Gasteiger partial charge on any atom is 0.291 e. The van der Waals surface area contributed by atoms with Crippen LogP contribution in [0.4, 0.5) is 0 Å². The minimum Gasteiger partial charge on any atom is -0.198 e. The minimum atomic E-state index is -3.58. The summed E-state index contributed by atoms with van der Waals surface area (Å²) in [6, 6.07) is 10.0. The van der Waals surface area contributed by atoms with E-state index in [1.54, 1.807) is 35.7 Å². The summed E-state index contributed by atoms with van der Waals surface area (Å²) in [4.78, 5) is 0. The third kappa shape index (κ3) is 3.15. The third-order valence-corrected chi connectivity index (χ3v) is 4.78. The van der Waals surface area contributed by atoms with Crippen LogP contribution in [0.5, 0.6) is 0 Å². The molecule has 3 nitrogen and oxygen atoms in total. The molecule has 1 aromatic heterocycles. The minimum absolute atomic E-state index is 0.232. The van der Waals surface area contributed by atoms with Crippen LogP contribution < -0.4 is 0 Å². The Morgan fingerprint density at radius 2 is 2.06 bits per heavy atom. The van der Waals surface area contributed by atoms with Crippen molar-refractivity contribution in [3.05, 3.63) is 52.4 Å². The third-order valence-electron chi connectivity index (χ3n) is 1.94. The van der Waals surface area contributed by atoms with Crippen LogP contribution in [0.15, 0.2) is 50.4 Å². The summed E-state index contributed by atoms with van der Waals surface area (Å²) in [6.45, 7) is 0. The molecule has 0 aliphatic carbocycles. The lowest BCUT2D eigenvalue weighted by Gasteiger charge is -1.95. The van der Waals surface area contributed by atoms with E-state index in [1.165, 1.54) is 12.3 Å². The second-order valence-electron chi connectivity index (χ2n) is 3.20. The summed E-state index contributed by atoms with van der Waals surface area (Å²) >= 11 is 6.93. The first-order chi connectivity index (χ1) is 8.08. The van der Waals surface area contributed by atoms with E-state index in [2.05, 4.69) is 4.40 Å². The molecule has 0 spiro atoms. The Morgan fingerprint density at radius 1 is 1.24 bits per heavy atom. The summed E-state index contributed by atoms with van der Waals surface area (Å²) in [5.74, 6) is 0. The van der Waals surface area contributed by atoms with E-state index in [1.807, 2.05) is 0 Å². The summed E-state index contributed by atoms with van der Waals surface area (Å²) < 4.78 is 27.3. The number of nitrogens with zero attached hydrogens (tertiary/aromatic N) is 1.